The van der Waals surface area contributed by atoms with Crippen LogP contribution in [0.1, 0.15) is 37.8 Å². The minimum atomic E-state index is 0.0862. The maximum atomic E-state index is 11.8. The van der Waals surface area contributed by atoms with Gasteiger partial charge >= 0.3 is 0 Å². The summed E-state index contributed by atoms with van der Waals surface area (Å²) >= 11 is 6.23. The van der Waals surface area contributed by atoms with Crippen molar-refractivity contribution in [3.05, 3.63) is 34.5 Å². The van der Waals surface area contributed by atoms with E-state index in [1.54, 1.807) is 0 Å². The van der Waals surface area contributed by atoms with Gasteiger partial charge in [-0.05, 0) is 41.5 Å². The molecule has 4 rings (SSSR count). The number of carbonyl (C=O) groups is 1. The second kappa shape index (κ2) is 5.06. The molecule has 2 aromatic rings. The Kier molecular flexibility index (Phi) is 3.38. The highest BCUT2D eigenvalue weighted by Gasteiger charge is 2.35. The van der Waals surface area contributed by atoms with E-state index in [1.165, 1.54) is 5.56 Å². The zero-order valence-corrected chi connectivity index (χ0v) is 12.4. The lowest BCUT2D eigenvalue weighted by Crippen LogP contribution is -2.13. The number of carbonyl (C=O) groups excluding carboxylic acids is 1. The van der Waals surface area contributed by atoms with E-state index < -0.39 is 0 Å². The van der Waals surface area contributed by atoms with E-state index in [9.17, 15) is 4.79 Å². The van der Waals surface area contributed by atoms with Crippen LogP contribution in [0.25, 0.3) is 16.5 Å². The van der Waals surface area contributed by atoms with Crippen LogP contribution >= 0.6 is 11.6 Å². The molecular weight excluding hydrogens is 272 g/mol. The third-order valence-corrected chi connectivity index (χ3v) is 4.50. The molecule has 2 aliphatic carbocycles. The van der Waals surface area contributed by atoms with E-state index in [-0.39, 0.29) is 5.78 Å². The molecule has 3 nitrogen and oxygen atoms in total. The first-order chi connectivity index (χ1) is 9.75. The van der Waals surface area contributed by atoms with Crippen molar-refractivity contribution in [2.24, 2.45) is 5.92 Å². The summed E-state index contributed by atoms with van der Waals surface area (Å²) in [5, 5.41) is 8.68. The van der Waals surface area contributed by atoms with Gasteiger partial charge in [0.05, 0.1) is 16.7 Å². The molecule has 0 spiro atoms. The molecule has 0 radical (unpaired) electrons. The fourth-order valence-electron chi connectivity index (χ4n) is 3.23. The Hall–Kier alpha value is -1.61. The normalized spacial score (nSPS) is 20.6. The molecule has 4 heteroatoms. The van der Waals surface area contributed by atoms with Crippen LogP contribution in [0.3, 0.4) is 0 Å². The molecule has 0 fully saturated rings. The lowest BCUT2D eigenvalue weighted by atomic mass is 9.87. The zero-order chi connectivity index (χ0) is 14.3. The number of fused-ring (bicyclic) bond motifs is 5. The van der Waals surface area contributed by atoms with E-state index in [0.717, 1.165) is 34.9 Å². The number of aromatic amines is 1. The van der Waals surface area contributed by atoms with Gasteiger partial charge in [-0.15, -0.1) is 0 Å². The molecule has 0 amide bonds. The first-order valence-electron chi connectivity index (χ1n) is 7.14. The number of rotatable bonds is 0. The first-order valence-corrected chi connectivity index (χ1v) is 7.51. The topological polar surface area (TPSA) is 45.8 Å². The monoisotopic (exact) mass is 288 g/mol. The number of Topliss-reactive ketones (excluding diaryl/α,β-unsaturated/α-hetero) is 1. The number of nitrogens with zero attached hydrogens (tertiary/aromatic N) is 1. The fraction of sp³-hybridized carbons (Fsp3) is 0.375. The molecule has 1 N–H and O–H groups in total. The number of H-pyrrole nitrogens is 1. The summed E-state index contributed by atoms with van der Waals surface area (Å²) < 4.78 is 0. The highest BCUT2D eigenvalue weighted by molar-refractivity contribution is 6.46. The minimum absolute atomic E-state index is 0.0862. The zero-order valence-electron chi connectivity index (χ0n) is 11.7. The number of benzene rings is 1. The molecule has 1 heterocycles. The predicted octanol–water partition coefficient (Wildman–Crippen LogP) is 4.07. The van der Waals surface area contributed by atoms with Crippen molar-refractivity contribution in [2.75, 3.05) is 0 Å². The van der Waals surface area contributed by atoms with Gasteiger partial charge in [0, 0.05) is 11.8 Å². The van der Waals surface area contributed by atoms with Crippen molar-refractivity contribution in [1.82, 2.24) is 10.2 Å². The smallest absolute Gasteiger partial charge is 0.174 e. The summed E-state index contributed by atoms with van der Waals surface area (Å²) in [5.74, 6) is 0.494. The Morgan fingerprint density at radius 3 is 2.95 bits per heavy atom. The number of halogens is 1. The standard InChI is InChI=1S/C14H11ClN2O.C2H6/c15-14-12(18)4-1-7-5-9-8(13(7)14)2-3-11-10(9)6-16-17-11;1-2/h2-3,6-7H,1,4-5H2,(H,16,17);1-2H3. The Morgan fingerprint density at radius 1 is 1.35 bits per heavy atom. The molecule has 2 aliphatic rings. The van der Waals surface area contributed by atoms with Crippen molar-refractivity contribution >= 4 is 33.9 Å². The van der Waals surface area contributed by atoms with Gasteiger partial charge in [-0.1, -0.05) is 31.5 Å². The van der Waals surface area contributed by atoms with Gasteiger partial charge in [-0.25, -0.2) is 0 Å². The van der Waals surface area contributed by atoms with Crippen LogP contribution in [0, 0.1) is 5.92 Å². The van der Waals surface area contributed by atoms with Gasteiger partial charge in [0.2, 0.25) is 0 Å². The molecule has 1 unspecified atom stereocenters. The van der Waals surface area contributed by atoms with Crippen LogP contribution in [-0.4, -0.2) is 16.0 Å². The van der Waals surface area contributed by atoms with Crippen molar-refractivity contribution in [3.63, 3.8) is 0 Å². The van der Waals surface area contributed by atoms with Crippen LogP contribution < -0.4 is 0 Å². The van der Waals surface area contributed by atoms with E-state index >= 15 is 0 Å². The third kappa shape index (κ3) is 1.80. The van der Waals surface area contributed by atoms with Crippen LogP contribution in [-0.2, 0) is 11.2 Å². The van der Waals surface area contributed by atoms with Crippen LogP contribution in [0.5, 0.6) is 0 Å². The second-order valence-electron chi connectivity index (χ2n) is 5.01. The van der Waals surface area contributed by atoms with Crippen molar-refractivity contribution < 1.29 is 4.79 Å². The van der Waals surface area contributed by atoms with Gasteiger partial charge in [0.15, 0.2) is 5.78 Å². The van der Waals surface area contributed by atoms with E-state index in [2.05, 4.69) is 16.3 Å². The van der Waals surface area contributed by atoms with Crippen LogP contribution in [0.2, 0.25) is 0 Å². The molecule has 0 bridgehead atoms. The highest BCUT2D eigenvalue weighted by atomic mass is 35.5. The number of hydrogen-bond donors (Lipinski definition) is 1. The van der Waals surface area contributed by atoms with Crippen molar-refractivity contribution in [3.8, 4) is 0 Å². The molecule has 1 aromatic heterocycles. The molecule has 20 heavy (non-hydrogen) atoms. The summed E-state index contributed by atoms with van der Waals surface area (Å²) in [5.41, 5.74) is 4.54. The molecular formula is C16H17ClN2O. The molecule has 0 aliphatic heterocycles. The molecule has 0 saturated heterocycles. The maximum absolute atomic E-state index is 11.8. The SMILES string of the molecule is CC.O=C1CCC2Cc3c(ccc4[nH]ncc34)C2=C1Cl. The molecule has 1 atom stereocenters. The number of hydrogen-bond acceptors (Lipinski definition) is 2. The quantitative estimate of drug-likeness (QED) is 0.794. The predicted molar refractivity (Wildman–Crippen MR) is 81.6 cm³/mol. The summed E-state index contributed by atoms with van der Waals surface area (Å²) in [4.78, 5) is 11.8. The molecule has 0 saturated carbocycles. The van der Waals surface area contributed by atoms with Gasteiger partial charge in [0.1, 0.15) is 0 Å². The van der Waals surface area contributed by atoms with Gasteiger partial charge in [-0.2, -0.15) is 5.10 Å². The van der Waals surface area contributed by atoms with Crippen molar-refractivity contribution in [2.45, 2.75) is 33.1 Å². The Bertz CT molecular complexity index is 714. The fourth-order valence-corrected chi connectivity index (χ4v) is 3.58. The Balaban J connectivity index is 0.000000581. The van der Waals surface area contributed by atoms with Gasteiger partial charge in [-0.3, -0.25) is 9.89 Å². The Labute approximate surface area is 123 Å². The van der Waals surface area contributed by atoms with E-state index in [0.29, 0.717) is 17.4 Å². The van der Waals surface area contributed by atoms with Crippen molar-refractivity contribution in [1.29, 1.82) is 0 Å². The van der Waals surface area contributed by atoms with E-state index in [4.69, 9.17) is 11.6 Å². The highest BCUT2D eigenvalue weighted by Crippen LogP contribution is 2.47. The Morgan fingerprint density at radius 2 is 2.15 bits per heavy atom. The average Bonchev–Trinajstić information content (AvgIpc) is 3.08. The van der Waals surface area contributed by atoms with Crippen LogP contribution in [0.15, 0.2) is 23.4 Å². The number of aromatic nitrogens is 2. The van der Waals surface area contributed by atoms with Gasteiger partial charge in [0.25, 0.3) is 0 Å². The number of allylic oxidation sites excluding steroid dienone is 2. The minimum Gasteiger partial charge on any atom is -0.293 e. The lowest BCUT2D eigenvalue weighted by Gasteiger charge is -2.18. The summed E-state index contributed by atoms with van der Waals surface area (Å²) in [6.45, 7) is 4.00. The largest absolute Gasteiger partial charge is 0.293 e. The molecule has 1 aromatic carbocycles. The molecule has 104 valence electrons. The second-order valence-corrected chi connectivity index (χ2v) is 5.39. The first kappa shape index (κ1) is 13.4. The summed E-state index contributed by atoms with van der Waals surface area (Å²) in [6, 6.07) is 4.08. The van der Waals surface area contributed by atoms with E-state index in [1.807, 2.05) is 26.1 Å². The lowest BCUT2D eigenvalue weighted by molar-refractivity contribution is -0.115. The number of nitrogens with one attached hydrogen (secondary N) is 1. The maximum Gasteiger partial charge on any atom is 0.174 e. The summed E-state index contributed by atoms with van der Waals surface area (Å²) in [7, 11) is 0. The average molecular weight is 289 g/mol. The summed E-state index contributed by atoms with van der Waals surface area (Å²) in [6.07, 6.45) is 4.33. The number of ketones is 1. The van der Waals surface area contributed by atoms with Crippen LogP contribution in [0.4, 0.5) is 0 Å². The third-order valence-electron chi connectivity index (χ3n) is 4.09. The van der Waals surface area contributed by atoms with Gasteiger partial charge < -0.3 is 0 Å².